The van der Waals surface area contributed by atoms with E-state index in [9.17, 15) is 28.0 Å². The molecule has 0 aromatic heterocycles. The number of nitrogens with zero attached hydrogens (tertiary/aromatic N) is 1. The van der Waals surface area contributed by atoms with Crippen LogP contribution in [0, 0.1) is 11.3 Å². The van der Waals surface area contributed by atoms with Crippen molar-refractivity contribution in [2.24, 2.45) is 0 Å². The molecule has 0 aliphatic rings. The molecule has 9 heteroatoms. The Morgan fingerprint density at radius 3 is 2.19 bits per heavy atom. The van der Waals surface area contributed by atoms with Crippen molar-refractivity contribution in [1.29, 1.82) is 5.26 Å². The van der Waals surface area contributed by atoms with Gasteiger partial charge in [0.1, 0.15) is 5.92 Å². The number of rotatable bonds is 4. The lowest BCUT2D eigenvalue weighted by Crippen LogP contribution is -2.28. The molecule has 0 aliphatic carbocycles. The van der Waals surface area contributed by atoms with E-state index in [4.69, 9.17) is 23.2 Å². The number of hydrogen-bond acceptors (Lipinski definition) is 3. The van der Waals surface area contributed by atoms with E-state index >= 15 is 0 Å². The van der Waals surface area contributed by atoms with Gasteiger partial charge in [0, 0.05) is 21.3 Å². The Hall–Kier alpha value is -2.56. The fourth-order valence-electron chi connectivity index (χ4n) is 2.14. The number of hydrogen-bond donors (Lipinski definition) is 1. The molecule has 26 heavy (non-hydrogen) atoms. The summed E-state index contributed by atoms with van der Waals surface area (Å²) in [6.07, 6.45) is -4.61. The molecule has 0 aliphatic heterocycles. The summed E-state index contributed by atoms with van der Waals surface area (Å²) in [5, 5.41) is 11.3. The highest BCUT2D eigenvalue weighted by Crippen LogP contribution is 2.33. The number of nitrogens with one attached hydrogen (secondary N) is 1. The van der Waals surface area contributed by atoms with Gasteiger partial charge in [0.15, 0.2) is 0 Å². The second kappa shape index (κ2) is 7.77. The van der Waals surface area contributed by atoms with Crippen LogP contribution in [0.25, 0.3) is 0 Å². The van der Waals surface area contributed by atoms with Crippen molar-refractivity contribution in [1.82, 2.24) is 0 Å². The van der Waals surface area contributed by atoms with Crippen molar-refractivity contribution < 1.29 is 22.8 Å². The molecule has 2 aromatic carbocycles. The highest BCUT2D eigenvalue weighted by atomic mass is 35.5. The lowest BCUT2D eigenvalue weighted by molar-refractivity contribution is -0.137. The maximum absolute atomic E-state index is 12.7. The van der Waals surface area contributed by atoms with E-state index in [-0.39, 0.29) is 21.3 Å². The molecule has 0 saturated carbocycles. The summed E-state index contributed by atoms with van der Waals surface area (Å²) in [7, 11) is 0. The van der Waals surface area contributed by atoms with Gasteiger partial charge in [-0.3, -0.25) is 9.59 Å². The second-order valence-corrected chi connectivity index (χ2v) is 5.91. The van der Waals surface area contributed by atoms with Crippen LogP contribution in [0.1, 0.15) is 17.0 Å². The molecule has 1 amide bonds. The highest BCUT2D eigenvalue weighted by molar-refractivity contribution is 6.44. The number of carbonyl (C=O) groups is 2. The first-order valence-corrected chi connectivity index (χ1v) is 7.76. The molecule has 134 valence electrons. The zero-order valence-electron chi connectivity index (χ0n) is 12.8. The standard InChI is InChI=1S/C17H9Cl2F3N2O2/c18-12-5-2-6-13(19)14(12)11(8-23)15(25)16(26)24-10-4-1-3-9(7-10)17(20,21)22/h1-7,11H,(H,24,26)/t11-/m0/s1. The molecule has 0 radical (unpaired) electrons. The lowest BCUT2D eigenvalue weighted by atomic mass is 9.95. The molecule has 0 saturated heterocycles. The third-order valence-electron chi connectivity index (χ3n) is 3.35. The topological polar surface area (TPSA) is 70.0 Å². The van der Waals surface area contributed by atoms with Crippen LogP contribution >= 0.6 is 23.2 Å². The number of halogens is 5. The van der Waals surface area contributed by atoms with Crippen LogP contribution in [0.15, 0.2) is 42.5 Å². The summed E-state index contributed by atoms with van der Waals surface area (Å²) in [5.41, 5.74) is -1.27. The summed E-state index contributed by atoms with van der Waals surface area (Å²) in [6, 6.07) is 9.68. The SMILES string of the molecule is N#C[C@H](C(=O)C(=O)Nc1cccc(C(F)(F)F)c1)c1c(Cl)cccc1Cl. The van der Waals surface area contributed by atoms with Gasteiger partial charge >= 0.3 is 6.18 Å². The summed E-state index contributed by atoms with van der Waals surface area (Å²) >= 11 is 11.9. The fourth-order valence-corrected chi connectivity index (χ4v) is 2.75. The Balaban J connectivity index is 2.27. The van der Waals surface area contributed by atoms with Gasteiger partial charge in [0.2, 0.25) is 5.78 Å². The number of anilines is 1. The van der Waals surface area contributed by atoms with Crippen molar-refractivity contribution in [3.05, 3.63) is 63.6 Å². The largest absolute Gasteiger partial charge is 0.416 e. The summed E-state index contributed by atoms with van der Waals surface area (Å²) in [6.45, 7) is 0. The lowest BCUT2D eigenvalue weighted by Gasteiger charge is -2.13. The number of benzene rings is 2. The molecule has 2 aromatic rings. The summed E-state index contributed by atoms with van der Waals surface area (Å²) in [4.78, 5) is 24.4. The van der Waals surface area contributed by atoms with Gasteiger partial charge < -0.3 is 5.32 Å². The predicted molar refractivity (Wildman–Crippen MR) is 89.9 cm³/mol. The van der Waals surface area contributed by atoms with Crippen LogP contribution in [0.4, 0.5) is 18.9 Å². The van der Waals surface area contributed by atoms with Gasteiger partial charge in [-0.15, -0.1) is 0 Å². The van der Waals surface area contributed by atoms with Crippen molar-refractivity contribution in [3.8, 4) is 6.07 Å². The Bertz CT molecular complexity index is 887. The van der Waals surface area contributed by atoms with Gasteiger partial charge in [0.25, 0.3) is 5.91 Å². The van der Waals surface area contributed by atoms with E-state index in [2.05, 4.69) is 5.32 Å². The summed E-state index contributed by atoms with van der Waals surface area (Å²) < 4.78 is 38.1. The van der Waals surface area contributed by atoms with Gasteiger partial charge in [-0.1, -0.05) is 35.3 Å². The van der Waals surface area contributed by atoms with Crippen LogP contribution in [0.2, 0.25) is 10.0 Å². The minimum absolute atomic E-state index is 0.0178. The van der Waals surface area contributed by atoms with Crippen LogP contribution in [0.5, 0.6) is 0 Å². The second-order valence-electron chi connectivity index (χ2n) is 5.09. The quantitative estimate of drug-likeness (QED) is 0.747. The van der Waals surface area contributed by atoms with Crippen LogP contribution in [-0.2, 0) is 15.8 Å². The average Bonchev–Trinajstić information content (AvgIpc) is 2.57. The minimum atomic E-state index is -4.61. The van der Waals surface area contributed by atoms with Gasteiger partial charge in [0.05, 0.1) is 11.6 Å². The first-order valence-electron chi connectivity index (χ1n) is 7.01. The van der Waals surface area contributed by atoms with Gasteiger partial charge in [-0.05, 0) is 30.3 Å². The minimum Gasteiger partial charge on any atom is -0.319 e. The maximum atomic E-state index is 12.7. The molecule has 0 spiro atoms. The molecule has 2 rings (SSSR count). The number of ketones is 1. The number of alkyl halides is 3. The Labute approximate surface area is 156 Å². The number of amides is 1. The Kier molecular flexibility index (Phi) is 5.90. The van der Waals surface area contributed by atoms with E-state index in [0.29, 0.717) is 6.07 Å². The van der Waals surface area contributed by atoms with Gasteiger partial charge in [-0.2, -0.15) is 18.4 Å². The molecular weight excluding hydrogens is 392 g/mol. The van der Waals surface area contributed by atoms with Crippen molar-refractivity contribution >= 4 is 40.6 Å². The first-order chi connectivity index (χ1) is 12.1. The van der Waals surface area contributed by atoms with Crippen LogP contribution < -0.4 is 5.32 Å². The molecule has 0 heterocycles. The van der Waals surface area contributed by atoms with Gasteiger partial charge in [-0.25, -0.2) is 0 Å². The monoisotopic (exact) mass is 400 g/mol. The van der Waals surface area contributed by atoms with Crippen molar-refractivity contribution in [2.45, 2.75) is 12.1 Å². The highest BCUT2D eigenvalue weighted by Gasteiger charge is 2.32. The molecule has 0 bridgehead atoms. The number of Topliss-reactive ketones (excluding diaryl/α,β-unsaturated/α-hetero) is 1. The normalized spacial score (nSPS) is 12.2. The smallest absolute Gasteiger partial charge is 0.319 e. The molecule has 4 nitrogen and oxygen atoms in total. The number of nitriles is 1. The predicted octanol–water partition coefficient (Wildman–Crippen LogP) is 4.83. The van der Waals surface area contributed by atoms with E-state index in [0.717, 1.165) is 12.1 Å². The fraction of sp³-hybridized carbons (Fsp3) is 0.118. The first kappa shape index (κ1) is 19.8. The number of carbonyl (C=O) groups excluding carboxylic acids is 2. The Morgan fingerprint density at radius 2 is 1.65 bits per heavy atom. The average molecular weight is 401 g/mol. The van der Waals surface area contributed by atoms with Crippen molar-refractivity contribution in [2.75, 3.05) is 5.32 Å². The zero-order valence-corrected chi connectivity index (χ0v) is 14.3. The molecular formula is C17H9Cl2F3N2O2. The third kappa shape index (κ3) is 4.34. The molecule has 0 unspecified atom stereocenters. The molecule has 1 atom stereocenters. The Morgan fingerprint density at radius 1 is 1.08 bits per heavy atom. The zero-order chi connectivity index (χ0) is 19.5. The third-order valence-corrected chi connectivity index (χ3v) is 4.01. The van der Waals surface area contributed by atoms with Crippen molar-refractivity contribution in [3.63, 3.8) is 0 Å². The van der Waals surface area contributed by atoms with E-state index in [1.54, 1.807) is 6.07 Å². The van der Waals surface area contributed by atoms with E-state index < -0.39 is 29.3 Å². The van der Waals surface area contributed by atoms with Crippen LogP contribution in [0.3, 0.4) is 0 Å². The summed E-state index contributed by atoms with van der Waals surface area (Å²) in [5.74, 6) is -4.05. The van der Waals surface area contributed by atoms with Crippen LogP contribution in [-0.4, -0.2) is 11.7 Å². The maximum Gasteiger partial charge on any atom is 0.416 e. The molecule has 1 N–H and O–H groups in total. The van der Waals surface area contributed by atoms with E-state index in [1.807, 2.05) is 0 Å². The molecule has 0 fully saturated rings. The van der Waals surface area contributed by atoms with E-state index in [1.165, 1.54) is 24.3 Å².